The Bertz CT molecular complexity index is 531. The third-order valence-corrected chi connectivity index (χ3v) is 6.57. The van der Waals surface area contributed by atoms with Gasteiger partial charge in [-0.15, -0.1) is 11.8 Å². The van der Waals surface area contributed by atoms with Gasteiger partial charge in [0.2, 0.25) is 10.0 Å². The largest absolute Gasteiger partial charge is 0.399 e. The van der Waals surface area contributed by atoms with Gasteiger partial charge in [0.1, 0.15) is 0 Å². The van der Waals surface area contributed by atoms with Gasteiger partial charge >= 0.3 is 0 Å². The Morgan fingerprint density at radius 3 is 2.70 bits per heavy atom. The third-order valence-electron chi connectivity index (χ3n) is 3.38. The van der Waals surface area contributed by atoms with Crippen LogP contribution in [0.4, 0.5) is 5.69 Å². The molecule has 0 unspecified atom stereocenters. The molecule has 1 aliphatic heterocycles. The average Bonchev–Trinajstić information content (AvgIpc) is 2.90. The maximum Gasteiger partial charge on any atom is 0.215 e. The van der Waals surface area contributed by atoms with E-state index in [1.165, 1.54) is 16.1 Å². The smallest absolute Gasteiger partial charge is 0.215 e. The number of sulfonamides is 1. The highest BCUT2D eigenvalue weighted by Crippen LogP contribution is 2.23. The van der Waals surface area contributed by atoms with Crippen LogP contribution in [0, 0.1) is 0 Å². The van der Waals surface area contributed by atoms with Crippen molar-refractivity contribution in [3.63, 3.8) is 0 Å². The van der Waals surface area contributed by atoms with Crippen LogP contribution in [0.3, 0.4) is 0 Å². The van der Waals surface area contributed by atoms with Gasteiger partial charge in [0.15, 0.2) is 0 Å². The zero-order valence-electron chi connectivity index (χ0n) is 11.2. The van der Waals surface area contributed by atoms with Crippen molar-refractivity contribution in [3.8, 4) is 0 Å². The van der Waals surface area contributed by atoms with Crippen molar-refractivity contribution in [2.45, 2.75) is 23.8 Å². The Morgan fingerprint density at radius 2 is 2.05 bits per heavy atom. The van der Waals surface area contributed by atoms with Crippen LogP contribution < -0.4 is 5.73 Å². The molecular formula is C13H20N2O3S2. The van der Waals surface area contributed by atoms with E-state index in [0.717, 1.165) is 17.7 Å². The molecule has 1 fully saturated rings. The summed E-state index contributed by atoms with van der Waals surface area (Å²) in [5.74, 6) is 0.597. The minimum Gasteiger partial charge on any atom is -0.399 e. The molecule has 0 spiro atoms. The first kappa shape index (κ1) is 15.6. The lowest BCUT2D eigenvalue weighted by Gasteiger charge is -2.22. The topological polar surface area (TPSA) is 83.6 Å². The summed E-state index contributed by atoms with van der Waals surface area (Å²) in [7, 11) is -3.27. The number of nitrogens with zero attached hydrogens (tertiary/aromatic N) is 1. The highest BCUT2D eigenvalue weighted by Gasteiger charge is 2.33. The third kappa shape index (κ3) is 3.88. The van der Waals surface area contributed by atoms with Gasteiger partial charge in [0.05, 0.1) is 12.4 Å². The fourth-order valence-electron chi connectivity index (χ4n) is 2.30. The zero-order valence-corrected chi connectivity index (χ0v) is 12.9. The predicted octanol–water partition coefficient (Wildman–Crippen LogP) is 1.15. The zero-order chi connectivity index (χ0) is 14.6. The van der Waals surface area contributed by atoms with E-state index in [9.17, 15) is 13.5 Å². The number of aliphatic hydroxyl groups is 1. The molecule has 0 amide bonds. The SMILES string of the molecule is Nc1ccc(SCCS(=O)(=O)N2CCC[C@@H]2CO)cc1. The van der Waals surface area contributed by atoms with E-state index in [0.29, 0.717) is 18.0 Å². The summed E-state index contributed by atoms with van der Waals surface area (Å²) in [6, 6.07) is 7.15. The Morgan fingerprint density at radius 1 is 1.35 bits per heavy atom. The van der Waals surface area contributed by atoms with Crippen molar-refractivity contribution in [1.29, 1.82) is 0 Å². The van der Waals surface area contributed by atoms with E-state index in [4.69, 9.17) is 5.73 Å². The molecule has 1 atom stereocenters. The van der Waals surface area contributed by atoms with E-state index >= 15 is 0 Å². The van der Waals surface area contributed by atoms with Gasteiger partial charge in [-0.2, -0.15) is 4.31 Å². The Hall–Kier alpha value is -0.760. The van der Waals surface area contributed by atoms with Crippen LogP contribution >= 0.6 is 11.8 Å². The standard InChI is InChI=1S/C13H20N2O3S2/c14-11-3-5-13(6-4-11)19-8-9-20(17,18)15-7-1-2-12(15)10-16/h3-6,12,16H,1-2,7-10,14H2/t12-/m1/s1. The van der Waals surface area contributed by atoms with Gasteiger partial charge < -0.3 is 10.8 Å². The molecule has 0 aromatic heterocycles. The minimum atomic E-state index is -3.27. The van der Waals surface area contributed by atoms with Crippen LogP contribution in [-0.2, 0) is 10.0 Å². The molecule has 1 aromatic carbocycles. The molecule has 0 radical (unpaired) electrons. The normalized spacial score (nSPS) is 20.4. The number of rotatable bonds is 6. The second kappa shape index (κ2) is 6.80. The summed E-state index contributed by atoms with van der Waals surface area (Å²) < 4.78 is 25.9. The Kier molecular flexibility index (Phi) is 5.31. The first-order valence-corrected chi connectivity index (χ1v) is 9.21. The summed E-state index contributed by atoms with van der Waals surface area (Å²) in [5, 5.41) is 9.21. The molecule has 0 aliphatic carbocycles. The predicted molar refractivity (Wildman–Crippen MR) is 82.2 cm³/mol. The lowest BCUT2D eigenvalue weighted by molar-refractivity contribution is 0.213. The minimum absolute atomic E-state index is 0.0929. The van der Waals surface area contributed by atoms with E-state index in [-0.39, 0.29) is 18.4 Å². The molecule has 112 valence electrons. The lowest BCUT2D eigenvalue weighted by Crippen LogP contribution is -2.39. The van der Waals surface area contributed by atoms with Crippen LogP contribution in [0.1, 0.15) is 12.8 Å². The molecule has 20 heavy (non-hydrogen) atoms. The quantitative estimate of drug-likeness (QED) is 0.607. The summed E-state index contributed by atoms with van der Waals surface area (Å²) in [6.45, 7) is 0.435. The van der Waals surface area contributed by atoms with Gasteiger partial charge in [0, 0.05) is 28.9 Å². The molecule has 0 bridgehead atoms. The molecule has 0 saturated carbocycles. The molecule has 7 heteroatoms. The van der Waals surface area contributed by atoms with E-state index in [1.807, 2.05) is 12.1 Å². The summed E-state index contributed by atoms with van der Waals surface area (Å²) in [6.07, 6.45) is 1.58. The highest BCUT2D eigenvalue weighted by atomic mass is 32.2. The van der Waals surface area contributed by atoms with Crippen LogP contribution in [0.5, 0.6) is 0 Å². The first-order valence-electron chi connectivity index (χ1n) is 6.61. The fourth-order valence-corrected chi connectivity index (χ4v) is 5.31. The lowest BCUT2D eigenvalue weighted by atomic mass is 10.2. The summed E-state index contributed by atoms with van der Waals surface area (Å²) in [5.41, 5.74) is 6.30. The molecule has 1 heterocycles. The number of nitrogens with two attached hydrogens (primary N) is 1. The summed E-state index contributed by atoms with van der Waals surface area (Å²) in [4.78, 5) is 1.01. The van der Waals surface area contributed by atoms with Gasteiger partial charge in [0.25, 0.3) is 0 Å². The molecule has 5 nitrogen and oxygen atoms in total. The number of anilines is 1. The van der Waals surface area contributed by atoms with Crippen molar-refractivity contribution in [3.05, 3.63) is 24.3 Å². The van der Waals surface area contributed by atoms with Gasteiger partial charge in [-0.1, -0.05) is 0 Å². The van der Waals surface area contributed by atoms with E-state index < -0.39 is 10.0 Å². The van der Waals surface area contributed by atoms with Crippen LogP contribution in [-0.4, -0.2) is 48.5 Å². The van der Waals surface area contributed by atoms with E-state index in [1.54, 1.807) is 12.1 Å². The maximum atomic E-state index is 12.2. The molecule has 2 rings (SSSR count). The second-order valence-corrected chi connectivity index (χ2v) is 8.03. The van der Waals surface area contributed by atoms with Crippen molar-refractivity contribution in [2.75, 3.05) is 30.4 Å². The van der Waals surface area contributed by atoms with Crippen molar-refractivity contribution < 1.29 is 13.5 Å². The van der Waals surface area contributed by atoms with Crippen LogP contribution in [0.2, 0.25) is 0 Å². The number of aliphatic hydroxyl groups excluding tert-OH is 1. The first-order chi connectivity index (χ1) is 9.53. The Balaban J connectivity index is 1.88. The van der Waals surface area contributed by atoms with Crippen molar-refractivity contribution in [1.82, 2.24) is 4.31 Å². The number of thioether (sulfide) groups is 1. The fraction of sp³-hybridized carbons (Fsp3) is 0.538. The maximum absolute atomic E-state index is 12.2. The van der Waals surface area contributed by atoms with Crippen molar-refractivity contribution >= 4 is 27.5 Å². The number of nitrogen functional groups attached to an aromatic ring is 1. The molecule has 3 N–H and O–H groups in total. The molecule has 1 saturated heterocycles. The van der Waals surface area contributed by atoms with Gasteiger partial charge in [-0.3, -0.25) is 0 Å². The summed E-state index contributed by atoms with van der Waals surface area (Å²) >= 11 is 1.50. The highest BCUT2D eigenvalue weighted by molar-refractivity contribution is 8.00. The number of hydrogen-bond donors (Lipinski definition) is 2. The second-order valence-electron chi connectivity index (χ2n) is 4.82. The number of hydrogen-bond acceptors (Lipinski definition) is 5. The molecule has 1 aromatic rings. The molecule has 1 aliphatic rings. The molecular weight excluding hydrogens is 296 g/mol. The Labute approximate surface area is 124 Å². The monoisotopic (exact) mass is 316 g/mol. The van der Waals surface area contributed by atoms with Crippen LogP contribution in [0.25, 0.3) is 0 Å². The van der Waals surface area contributed by atoms with Gasteiger partial charge in [-0.25, -0.2) is 8.42 Å². The van der Waals surface area contributed by atoms with Crippen molar-refractivity contribution in [2.24, 2.45) is 0 Å². The van der Waals surface area contributed by atoms with E-state index in [2.05, 4.69) is 0 Å². The van der Waals surface area contributed by atoms with Gasteiger partial charge in [-0.05, 0) is 37.1 Å². The van der Waals surface area contributed by atoms with Crippen LogP contribution in [0.15, 0.2) is 29.2 Å². The number of benzene rings is 1. The average molecular weight is 316 g/mol.